The number of carbonyl (C=O) groups is 1. The minimum absolute atomic E-state index is 0.239. The molecule has 0 unspecified atom stereocenters. The van der Waals surface area contributed by atoms with Gasteiger partial charge in [0.05, 0.1) is 28.2 Å². The molecule has 1 N–H and O–H groups in total. The number of halogens is 2. The summed E-state index contributed by atoms with van der Waals surface area (Å²) in [5, 5.41) is 14.7. The molecule has 0 aliphatic carbocycles. The number of carboxylic acid groups (broad SMARTS) is 1. The van der Waals surface area contributed by atoms with Crippen molar-refractivity contribution in [3.05, 3.63) is 85.5 Å². The quantitative estimate of drug-likeness (QED) is 0.204. The summed E-state index contributed by atoms with van der Waals surface area (Å²) in [4.78, 5) is 29.2. The molecule has 0 aliphatic heterocycles. The van der Waals surface area contributed by atoms with Crippen molar-refractivity contribution in [3.63, 3.8) is 0 Å². The van der Waals surface area contributed by atoms with E-state index in [9.17, 15) is 9.59 Å². The summed E-state index contributed by atoms with van der Waals surface area (Å²) in [5.74, 6) is 0.0924. The number of furan rings is 1. The molecular formula is C27H19Br2N3O6. The lowest BCUT2D eigenvalue weighted by atomic mass is 10.2. The van der Waals surface area contributed by atoms with Crippen molar-refractivity contribution in [1.29, 1.82) is 0 Å². The van der Waals surface area contributed by atoms with Crippen LogP contribution in [0.5, 0.6) is 11.5 Å². The van der Waals surface area contributed by atoms with Crippen LogP contribution in [0.3, 0.4) is 0 Å². The molecule has 0 spiro atoms. The molecule has 0 saturated heterocycles. The SMILES string of the molecule is CCOc1cc(C=Nn2c(-c3cc4cc(Br)ccc4o3)nc3ccccc3c2=O)cc(Br)c1OCC(=O)O. The minimum atomic E-state index is -1.11. The number of hydrogen-bond acceptors (Lipinski definition) is 7. The number of aromatic nitrogens is 2. The molecule has 192 valence electrons. The first-order chi connectivity index (χ1) is 18.3. The largest absolute Gasteiger partial charge is 0.490 e. The first-order valence-corrected chi connectivity index (χ1v) is 13.0. The molecule has 0 amide bonds. The summed E-state index contributed by atoms with van der Waals surface area (Å²) in [6.45, 7) is 1.60. The Morgan fingerprint density at radius 2 is 1.95 bits per heavy atom. The van der Waals surface area contributed by atoms with E-state index < -0.39 is 12.6 Å². The number of benzene rings is 3. The van der Waals surface area contributed by atoms with Gasteiger partial charge in [-0.15, -0.1) is 0 Å². The normalized spacial score (nSPS) is 11.4. The molecule has 0 bridgehead atoms. The molecule has 0 saturated carbocycles. The van der Waals surface area contributed by atoms with E-state index in [0.29, 0.717) is 44.6 Å². The Kier molecular flexibility index (Phi) is 7.30. The second-order valence-electron chi connectivity index (χ2n) is 8.05. The predicted octanol–water partition coefficient (Wildman–Crippen LogP) is 6.08. The third-order valence-electron chi connectivity index (χ3n) is 5.45. The molecule has 2 heterocycles. The number of carboxylic acids is 1. The zero-order valence-electron chi connectivity index (χ0n) is 19.9. The van der Waals surface area contributed by atoms with Gasteiger partial charge in [0.25, 0.3) is 5.56 Å². The summed E-state index contributed by atoms with van der Waals surface area (Å²) < 4.78 is 19.6. The van der Waals surface area contributed by atoms with Crippen molar-refractivity contribution in [2.24, 2.45) is 5.10 Å². The lowest BCUT2D eigenvalue weighted by Crippen LogP contribution is -2.20. The highest BCUT2D eigenvalue weighted by atomic mass is 79.9. The van der Waals surface area contributed by atoms with Crippen molar-refractivity contribution in [2.45, 2.75) is 6.92 Å². The van der Waals surface area contributed by atoms with E-state index in [4.69, 9.17) is 19.0 Å². The molecule has 0 aliphatic rings. The average Bonchev–Trinajstić information content (AvgIpc) is 3.30. The summed E-state index contributed by atoms with van der Waals surface area (Å²) in [6.07, 6.45) is 1.48. The van der Waals surface area contributed by atoms with Crippen LogP contribution in [0.25, 0.3) is 33.5 Å². The van der Waals surface area contributed by atoms with E-state index >= 15 is 0 Å². The Morgan fingerprint density at radius 3 is 2.74 bits per heavy atom. The van der Waals surface area contributed by atoms with Gasteiger partial charge >= 0.3 is 5.97 Å². The highest BCUT2D eigenvalue weighted by molar-refractivity contribution is 9.10. The van der Waals surface area contributed by atoms with Crippen molar-refractivity contribution >= 4 is 65.9 Å². The van der Waals surface area contributed by atoms with Crippen LogP contribution in [0.2, 0.25) is 0 Å². The van der Waals surface area contributed by atoms with Gasteiger partial charge in [0.1, 0.15) is 5.58 Å². The van der Waals surface area contributed by atoms with Gasteiger partial charge < -0.3 is 19.0 Å². The molecule has 5 aromatic rings. The summed E-state index contributed by atoms with van der Waals surface area (Å²) >= 11 is 6.87. The number of rotatable bonds is 8. The zero-order valence-corrected chi connectivity index (χ0v) is 23.0. The monoisotopic (exact) mass is 639 g/mol. The van der Waals surface area contributed by atoms with Gasteiger partial charge in [0.2, 0.25) is 5.82 Å². The number of nitrogens with zero attached hydrogens (tertiary/aromatic N) is 3. The maximum absolute atomic E-state index is 13.5. The van der Waals surface area contributed by atoms with Crippen LogP contribution in [-0.4, -0.2) is 40.2 Å². The first-order valence-electron chi connectivity index (χ1n) is 11.4. The lowest BCUT2D eigenvalue weighted by Gasteiger charge is -2.13. The van der Waals surface area contributed by atoms with Crippen LogP contribution in [0.1, 0.15) is 12.5 Å². The van der Waals surface area contributed by atoms with Crippen LogP contribution in [0.4, 0.5) is 0 Å². The summed E-state index contributed by atoms with van der Waals surface area (Å²) in [7, 11) is 0. The van der Waals surface area contributed by atoms with E-state index in [1.54, 1.807) is 43.3 Å². The van der Waals surface area contributed by atoms with Crippen molar-refractivity contribution in [3.8, 4) is 23.1 Å². The predicted molar refractivity (Wildman–Crippen MR) is 150 cm³/mol. The van der Waals surface area contributed by atoms with E-state index in [0.717, 1.165) is 9.86 Å². The van der Waals surface area contributed by atoms with E-state index in [1.807, 2.05) is 24.3 Å². The smallest absolute Gasteiger partial charge is 0.341 e. The number of hydrogen-bond donors (Lipinski definition) is 1. The number of fused-ring (bicyclic) bond motifs is 2. The van der Waals surface area contributed by atoms with Gasteiger partial charge in [-0.05, 0) is 76.9 Å². The Labute approximate surface area is 232 Å². The van der Waals surface area contributed by atoms with E-state index in [2.05, 4.69) is 41.9 Å². The third kappa shape index (κ3) is 5.20. The highest BCUT2D eigenvalue weighted by Crippen LogP contribution is 2.37. The van der Waals surface area contributed by atoms with Gasteiger partial charge in [0.15, 0.2) is 23.9 Å². The topological polar surface area (TPSA) is 116 Å². The fourth-order valence-electron chi connectivity index (χ4n) is 3.84. The van der Waals surface area contributed by atoms with E-state index in [-0.39, 0.29) is 17.1 Å². The zero-order chi connectivity index (χ0) is 26.8. The lowest BCUT2D eigenvalue weighted by molar-refractivity contribution is -0.139. The molecule has 38 heavy (non-hydrogen) atoms. The molecule has 0 fully saturated rings. The standard InChI is InChI=1S/C27H19Br2N3O6/c1-2-36-22-10-15(9-19(29)25(22)37-14-24(33)34)13-30-32-26(31-20-6-4-3-5-18(20)27(32)35)23-12-16-11-17(28)7-8-21(16)38-23/h3-13H,2,14H2,1H3,(H,33,34). The Bertz CT molecular complexity index is 1780. The van der Waals surface area contributed by atoms with Crippen LogP contribution >= 0.6 is 31.9 Å². The van der Waals surface area contributed by atoms with Gasteiger partial charge in [-0.2, -0.15) is 9.78 Å². The number of aliphatic carboxylic acids is 1. The summed E-state index contributed by atoms with van der Waals surface area (Å²) in [5.41, 5.74) is 1.36. The first kappa shape index (κ1) is 25.7. The Hall–Kier alpha value is -3.96. The van der Waals surface area contributed by atoms with Crippen LogP contribution in [0.15, 0.2) is 83.9 Å². The van der Waals surface area contributed by atoms with E-state index in [1.165, 1.54) is 10.9 Å². The van der Waals surface area contributed by atoms with Crippen LogP contribution in [-0.2, 0) is 4.79 Å². The van der Waals surface area contributed by atoms with Crippen LogP contribution < -0.4 is 15.0 Å². The molecule has 0 atom stereocenters. The van der Waals surface area contributed by atoms with Gasteiger partial charge in [-0.1, -0.05) is 28.1 Å². The summed E-state index contributed by atoms with van der Waals surface area (Å²) in [6, 6.07) is 17.8. The van der Waals surface area contributed by atoms with Crippen molar-refractivity contribution in [1.82, 2.24) is 9.66 Å². The van der Waals surface area contributed by atoms with Gasteiger partial charge in [-0.3, -0.25) is 4.79 Å². The third-order valence-corrected chi connectivity index (χ3v) is 6.53. The molecule has 2 aromatic heterocycles. The fraction of sp³-hybridized carbons (Fsp3) is 0.111. The van der Waals surface area contributed by atoms with Crippen LogP contribution in [0, 0.1) is 0 Å². The minimum Gasteiger partial charge on any atom is -0.490 e. The highest BCUT2D eigenvalue weighted by Gasteiger charge is 2.17. The molecule has 11 heteroatoms. The second kappa shape index (κ2) is 10.8. The molecule has 3 aromatic carbocycles. The van der Waals surface area contributed by atoms with Gasteiger partial charge in [-0.25, -0.2) is 9.78 Å². The number of ether oxygens (including phenoxy) is 2. The maximum Gasteiger partial charge on any atom is 0.341 e. The maximum atomic E-state index is 13.5. The molecule has 5 rings (SSSR count). The van der Waals surface area contributed by atoms with Gasteiger partial charge in [0, 0.05) is 9.86 Å². The molecule has 0 radical (unpaired) electrons. The molecular weight excluding hydrogens is 622 g/mol. The van der Waals surface area contributed by atoms with Crippen molar-refractivity contribution < 1.29 is 23.8 Å². The fourth-order valence-corrected chi connectivity index (χ4v) is 4.79. The van der Waals surface area contributed by atoms with Crippen molar-refractivity contribution in [2.75, 3.05) is 13.2 Å². The Balaban J connectivity index is 1.63. The second-order valence-corrected chi connectivity index (χ2v) is 9.82. The number of para-hydroxylation sites is 1. The average molecular weight is 641 g/mol. The molecule has 9 nitrogen and oxygen atoms in total. The Morgan fingerprint density at radius 1 is 1.13 bits per heavy atom.